The fraction of sp³-hybridized carbons (Fsp3) is 0.500. The smallest absolute Gasteiger partial charge is 0.137 e. The molecule has 3 N–H and O–H groups in total. The minimum atomic E-state index is 0.271. The monoisotopic (exact) mass is 260 g/mol. The van der Waals surface area contributed by atoms with Gasteiger partial charge in [-0.1, -0.05) is 0 Å². The summed E-state index contributed by atoms with van der Waals surface area (Å²) in [5.41, 5.74) is 7.66. The quantitative estimate of drug-likeness (QED) is 0.864. The lowest BCUT2D eigenvalue weighted by Crippen LogP contribution is -2.42. The lowest BCUT2D eigenvalue weighted by Gasteiger charge is -2.32. The topological polar surface area (TPSA) is 67.2 Å². The van der Waals surface area contributed by atoms with Crippen LogP contribution < -0.4 is 5.73 Å². The Labute approximate surface area is 112 Å². The average Bonchev–Trinajstić information content (AvgIpc) is 2.87. The molecule has 5 heteroatoms. The van der Waals surface area contributed by atoms with Crippen LogP contribution in [0.1, 0.15) is 12.1 Å². The molecule has 0 spiro atoms. The summed E-state index contributed by atoms with van der Waals surface area (Å²) in [5, 5.41) is 1.16. The molecule has 1 saturated heterocycles. The molecule has 19 heavy (non-hydrogen) atoms. The molecule has 0 radical (unpaired) electrons. The zero-order valence-corrected chi connectivity index (χ0v) is 11.0. The number of aromatic amines is 1. The number of nitrogens with zero attached hydrogens (tertiary/aromatic N) is 2. The lowest BCUT2D eigenvalue weighted by molar-refractivity contribution is -0.0338. The summed E-state index contributed by atoms with van der Waals surface area (Å²) < 4.78 is 5.70. The summed E-state index contributed by atoms with van der Waals surface area (Å²) in [7, 11) is 0. The van der Waals surface area contributed by atoms with Gasteiger partial charge in [-0.25, -0.2) is 4.98 Å². The van der Waals surface area contributed by atoms with E-state index < -0.39 is 0 Å². The van der Waals surface area contributed by atoms with Gasteiger partial charge in [0.25, 0.3) is 0 Å². The highest BCUT2D eigenvalue weighted by molar-refractivity contribution is 5.75. The van der Waals surface area contributed by atoms with Crippen LogP contribution >= 0.6 is 0 Å². The molecule has 1 fully saturated rings. The molecule has 102 valence electrons. The fourth-order valence-corrected chi connectivity index (χ4v) is 2.57. The summed E-state index contributed by atoms with van der Waals surface area (Å²) in [6, 6.07) is 6.26. The first-order valence-corrected chi connectivity index (χ1v) is 6.82. The Kier molecular flexibility index (Phi) is 3.77. The Morgan fingerprint density at radius 2 is 2.37 bits per heavy atom. The van der Waals surface area contributed by atoms with E-state index in [1.807, 2.05) is 12.3 Å². The highest BCUT2D eigenvalue weighted by atomic mass is 16.5. The van der Waals surface area contributed by atoms with Gasteiger partial charge in [-0.15, -0.1) is 0 Å². The maximum atomic E-state index is 5.70. The summed E-state index contributed by atoms with van der Waals surface area (Å²) in [6.07, 6.45) is 3.13. The van der Waals surface area contributed by atoms with Crippen molar-refractivity contribution in [1.29, 1.82) is 0 Å². The Balaban J connectivity index is 1.66. The Morgan fingerprint density at radius 1 is 1.42 bits per heavy atom. The zero-order valence-electron chi connectivity index (χ0n) is 11.0. The fourth-order valence-electron chi connectivity index (χ4n) is 2.57. The summed E-state index contributed by atoms with van der Waals surface area (Å²) in [4.78, 5) is 10.2. The molecule has 0 aromatic carbocycles. The van der Waals surface area contributed by atoms with E-state index in [1.165, 1.54) is 0 Å². The van der Waals surface area contributed by atoms with Gasteiger partial charge in [0.05, 0.1) is 18.4 Å². The third kappa shape index (κ3) is 2.94. The minimum Gasteiger partial charge on any atom is -0.376 e. The molecule has 2 aromatic rings. The predicted octanol–water partition coefficient (Wildman–Crippen LogP) is 1.11. The van der Waals surface area contributed by atoms with Crippen LogP contribution in [0, 0.1) is 0 Å². The highest BCUT2D eigenvalue weighted by Crippen LogP contribution is 2.14. The molecular formula is C14H20N4O. The van der Waals surface area contributed by atoms with Crippen LogP contribution in [0.5, 0.6) is 0 Å². The van der Waals surface area contributed by atoms with E-state index in [9.17, 15) is 0 Å². The molecule has 2 aromatic heterocycles. The number of rotatable bonds is 4. The molecule has 5 nitrogen and oxygen atoms in total. The van der Waals surface area contributed by atoms with E-state index in [1.54, 1.807) is 0 Å². The maximum absolute atomic E-state index is 5.70. The minimum absolute atomic E-state index is 0.271. The van der Waals surface area contributed by atoms with Gasteiger partial charge >= 0.3 is 0 Å². The number of hydrogen-bond acceptors (Lipinski definition) is 4. The number of pyridine rings is 1. The average molecular weight is 260 g/mol. The van der Waals surface area contributed by atoms with Crippen LogP contribution in [-0.4, -0.2) is 47.2 Å². The zero-order chi connectivity index (χ0) is 13.1. The van der Waals surface area contributed by atoms with Crippen LogP contribution in [0.3, 0.4) is 0 Å². The molecule has 1 aliphatic heterocycles. The number of hydrogen-bond donors (Lipinski definition) is 2. The van der Waals surface area contributed by atoms with E-state index in [-0.39, 0.29) is 6.10 Å². The van der Waals surface area contributed by atoms with Crippen molar-refractivity contribution in [3.8, 4) is 0 Å². The molecule has 3 heterocycles. The number of fused-ring (bicyclic) bond motifs is 1. The lowest BCUT2D eigenvalue weighted by atomic mass is 10.2. The standard InChI is InChI=1S/C14H20N4O/c15-5-3-13-10-18(7-8-19-13)9-12-2-1-11-4-6-16-14(11)17-12/h1-2,4,6,13H,3,5,7-10,15H2,(H,16,17). The molecule has 1 unspecified atom stereocenters. The number of H-pyrrole nitrogens is 1. The van der Waals surface area contributed by atoms with Gasteiger partial charge < -0.3 is 15.5 Å². The third-order valence-electron chi connectivity index (χ3n) is 3.56. The number of nitrogens with two attached hydrogens (primary N) is 1. The van der Waals surface area contributed by atoms with E-state index in [0.29, 0.717) is 6.54 Å². The van der Waals surface area contributed by atoms with Gasteiger partial charge in [0.2, 0.25) is 0 Å². The van der Waals surface area contributed by atoms with Crippen molar-refractivity contribution in [3.63, 3.8) is 0 Å². The second-order valence-corrected chi connectivity index (χ2v) is 5.02. The van der Waals surface area contributed by atoms with Crippen LogP contribution in [0.4, 0.5) is 0 Å². The molecule has 0 saturated carbocycles. The largest absolute Gasteiger partial charge is 0.376 e. The molecule has 1 aliphatic rings. The van der Waals surface area contributed by atoms with Crippen molar-refractivity contribution in [2.75, 3.05) is 26.2 Å². The van der Waals surface area contributed by atoms with E-state index in [2.05, 4.69) is 27.0 Å². The van der Waals surface area contributed by atoms with Gasteiger partial charge in [-0.05, 0) is 31.2 Å². The molecule has 0 amide bonds. The Morgan fingerprint density at radius 3 is 3.26 bits per heavy atom. The van der Waals surface area contributed by atoms with Crippen LogP contribution in [0.2, 0.25) is 0 Å². The first kappa shape index (κ1) is 12.6. The SMILES string of the molecule is NCCC1CN(Cc2ccc3cc[nH]c3n2)CCO1. The second-order valence-electron chi connectivity index (χ2n) is 5.02. The normalized spacial score (nSPS) is 21.0. The van der Waals surface area contributed by atoms with Crippen molar-refractivity contribution >= 4 is 11.0 Å². The van der Waals surface area contributed by atoms with E-state index in [4.69, 9.17) is 10.5 Å². The van der Waals surface area contributed by atoms with Crippen molar-refractivity contribution in [1.82, 2.24) is 14.9 Å². The summed E-state index contributed by atoms with van der Waals surface area (Å²) in [5.74, 6) is 0. The van der Waals surface area contributed by atoms with Gasteiger partial charge in [0.1, 0.15) is 5.65 Å². The van der Waals surface area contributed by atoms with Crippen molar-refractivity contribution in [3.05, 3.63) is 30.1 Å². The number of nitrogens with one attached hydrogen (secondary N) is 1. The number of aromatic nitrogens is 2. The van der Waals surface area contributed by atoms with E-state index >= 15 is 0 Å². The first-order valence-electron chi connectivity index (χ1n) is 6.82. The molecule has 3 rings (SSSR count). The van der Waals surface area contributed by atoms with Gasteiger partial charge in [-0.2, -0.15) is 0 Å². The van der Waals surface area contributed by atoms with Crippen molar-refractivity contribution < 1.29 is 4.74 Å². The molecule has 0 aliphatic carbocycles. The van der Waals surface area contributed by atoms with Crippen LogP contribution in [0.15, 0.2) is 24.4 Å². The van der Waals surface area contributed by atoms with Crippen molar-refractivity contribution in [2.45, 2.75) is 19.1 Å². The molecule has 0 bridgehead atoms. The summed E-state index contributed by atoms with van der Waals surface area (Å²) in [6.45, 7) is 4.26. The van der Waals surface area contributed by atoms with E-state index in [0.717, 1.165) is 49.4 Å². The van der Waals surface area contributed by atoms with Crippen molar-refractivity contribution in [2.24, 2.45) is 5.73 Å². The number of morpholine rings is 1. The summed E-state index contributed by atoms with van der Waals surface area (Å²) >= 11 is 0. The first-order chi connectivity index (χ1) is 9.35. The predicted molar refractivity (Wildman–Crippen MR) is 74.8 cm³/mol. The van der Waals surface area contributed by atoms with Crippen LogP contribution in [-0.2, 0) is 11.3 Å². The Bertz CT molecular complexity index is 537. The maximum Gasteiger partial charge on any atom is 0.137 e. The van der Waals surface area contributed by atoms with Gasteiger partial charge in [0, 0.05) is 31.2 Å². The molecule has 1 atom stereocenters. The molecular weight excluding hydrogens is 240 g/mol. The highest BCUT2D eigenvalue weighted by Gasteiger charge is 2.20. The number of ether oxygens (including phenoxy) is 1. The van der Waals surface area contributed by atoms with Gasteiger partial charge in [0.15, 0.2) is 0 Å². The van der Waals surface area contributed by atoms with Gasteiger partial charge in [-0.3, -0.25) is 4.90 Å². The van der Waals surface area contributed by atoms with Crippen LogP contribution in [0.25, 0.3) is 11.0 Å². The Hall–Kier alpha value is -1.43. The third-order valence-corrected chi connectivity index (χ3v) is 3.56. The second kappa shape index (κ2) is 5.69.